The Labute approximate surface area is 214 Å². The molecule has 0 bridgehead atoms. The van der Waals surface area contributed by atoms with Crippen LogP contribution in [0, 0.1) is 0 Å². The molecule has 37 heavy (non-hydrogen) atoms. The first-order valence-electron chi connectivity index (χ1n) is 11.9. The van der Waals surface area contributed by atoms with Crippen LogP contribution in [0.2, 0.25) is 0 Å². The fourth-order valence-electron chi connectivity index (χ4n) is 4.82. The monoisotopic (exact) mass is 510 g/mol. The minimum absolute atomic E-state index is 0.149. The molecular formula is C25H30N6O6. The highest BCUT2D eigenvalue weighted by atomic mass is 16.7. The number of hydrogen-bond donors (Lipinski definition) is 0. The van der Waals surface area contributed by atoms with Gasteiger partial charge in [0.1, 0.15) is 6.04 Å². The van der Waals surface area contributed by atoms with Gasteiger partial charge in [0, 0.05) is 38.9 Å². The molecule has 196 valence electrons. The zero-order chi connectivity index (χ0) is 26.1. The zero-order valence-corrected chi connectivity index (χ0v) is 21.5. The molecule has 0 unspecified atom stereocenters. The van der Waals surface area contributed by atoms with Gasteiger partial charge in [0.2, 0.25) is 12.5 Å². The highest BCUT2D eigenvalue weighted by Crippen LogP contribution is 2.50. The first-order valence-corrected chi connectivity index (χ1v) is 11.9. The van der Waals surface area contributed by atoms with Crippen molar-refractivity contribution >= 4 is 5.91 Å². The maximum absolute atomic E-state index is 12.9. The summed E-state index contributed by atoms with van der Waals surface area (Å²) in [7, 11) is 8.44. The molecule has 1 amide bonds. The predicted octanol–water partition coefficient (Wildman–Crippen LogP) is 1.67. The standard InChI is InChI=1S/C25H30N6O6/c1-29-11-10-16-12-18-22(37-14-36-18)23(35-5)20(16)21(29)24-26-27-28-31(24)17-8-6-15(7-9-17)25(32)30(2)13-19(33-3)34-4/h6-9,12,19,21H,10-11,13-14H2,1-5H3/t21-/m0/s1. The van der Waals surface area contributed by atoms with Gasteiger partial charge in [0.05, 0.1) is 19.3 Å². The molecule has 0 aliphatic carbocycles. The van der Waals surface area contributed by atoms with E-state index in [1.54, 1.807) is 35.9 Å². The van der Waals surface area contributed by atoms with Crippen molar-refractivity contribution in [1.82, 2.24) is 30.0 Å². The summed E-state index contributed by atoms with van der Waals surface area (Å²) in [6.45, 7) is 1.26. The van der Waals surface area contributed by atoms with E-state index < -0.39 is 6.29 Å². The Morgan fingerprint density at radius 3 is 2.65 bits per heavy atom. The summed E-state index contributed by atoms with van der Waals surface area (Å²) < 4.78 is 29.2. The third kappa shape index (κ3) is 4.47. The number of methoxy groups -OCH3 is 3. The maximum Gasteiger partial charge on any atom is 0.253 e. The SMILES string of the molecule is COc1c2c(cc3c1[C@@H](c1nnnn1-c1ccc(C(=O)N(C)CC(OC)OC)cc1)N(C)CC3)OCO2. The molecule has 1 aromatic heterocycles. The Morgan fingerprint density at radius 1 is 1.19 bits per heavy atom. The van der Waals surface area contributed by atoms with Gasteiger partial charge in [-0.2, -0.15) is 4.68 Å². The number of amides is 1. The maximum atomic E-state index is 12.9. The number of carbonyl (C=O) groups is 1. The molecule has 1 atom stereocenters. The van der Waals surface area contributed by atoms with Crippen LogP contribution in [0.25, 0.3) is 5.69 Å². The first-order chi connectivity index (χ1) is 18.0. The second-order valence-corrected chi connectivity index (χ2v) is 8.93. The Balaban J connectivity index is 1.47. The van der Waals surface area contributed by atoms with Crippen molar-refractivity contribution in [3.8, 4) is 22.9 Å². The normalized spacial score (nSPS) is 16.6. The van der Waals surface area contributed by atoms with E-state index in [9.17, 15) is 4.79 Å². The van der Waals surface area contributed by atoms with Crippen molar-refractivity contribution in [2.75, 3.05) is 55.3 Å². The number of likely N-dealkylation sites (N-methyl/N-ethyl adjacent to an activating group) is 2. The summed E-state index contributed by atoms with van der Waals surface area (Å²) in [5, 5.41) is 12.7. The number of benzene rings is 2. The van der Waals surface area contributed by atoms with Crippen molar-refractivity contribution < 1.29 is 28.5 Å². The predicted molar refractivity (Wildman–Crippen MR) is 131 cm³/mol. The first kappa shape index (κ1) is 24.9. The summed E-state index contributed by atoms with van der Waals surface area (Å²) in [5.74, 6) is 2.39. The van der Waals surface area contributed by atoms with E-state index in [2.05, 4.69) is 20.4 Å². The Kier molecular flexibility index (Phi) is 6.96. The van der Waals surface area contributed by atoms with Crippen molar-refractivity contribution in [2.45, 2.75) is 18.8 Å². The largest absolute Gasteiger partial charge is 0.492 e. The number of aromatic nitrogens is 4. The molecule has 2 aromatic carbocycles. The van der Waals surface area contributed by atoms with E-state index in [0.29, 0.717) is 35.2 Å². The second kappa shape index (κ2) is 10.3. The fourth-order valence-corrected chi connectivity index (χ4v) is 4.82. The smallest absolute Gasteiger partial charge is 0.253 e. The van der Waals surface area contributed by atoms with E-state index in [1.165, 1.54) is 14.2 Å². The molecule has 3 aromatic rings. The summed E-state index contributed by atoms with van der Waals surface area (Å²) >= 11 is 0. The van der Waals surface area contributed by atoms with E-state index in [0.717, 1.165) is 29.8 Å². The van der Waals surface area contributed by atoms with Crippen molar-refractivity contribution in [3.05, 3.63) is 52.8 Å². The molecule has 0 radical (unpaired) electrons. The fraction of sp³-hybridized carbons (Fsp3) is 0.440. The lowest BCUT2D eigenvalue weighted by Gasteiger charge is -2.34. The van der Waals surface area contributed by atoms with Gasteiger partial charge in [-0.3, -0.25) is 9.69 Å². The van der Waals surface area contributed by atoms with Gasteiger partial charge in [0.15, 0.2) is 23.6 Å². The molecule has 2 aliphatic heterocycles. The van der Waals surface area contributed by atoms with Crippen LogP contribution in [0.15, 0.2) is 30.3 Å². The average molecular weight is 511 g/mol. The molecule has 2 aliphatic rings. The highest BCUT2D eigenvalue weighted by Gasteiger charge is 2.37. The zero-order valence-electron chi connectivity index (χ0n) is 21.5. The van der Waals surface area contributed by atoms with Crippen LogP contribution in [-0.2, 0) is 15.9 Å². The van der Waals surface area contributed by atoms with Crippen LogP contribution < -0.4 is 14.2 Å². The molecule has 3 heterocycles. The average Bonchev–Trinajstić information content (AvgIpc) is 3.60. The topological polar surface area (TPSA) is 113 Å². The van der Waals surface area contributed by atoms with Crippen molar-refractivity contribution in [3.63, 3.8) is 0 Å². The van der Waals surface area contributed by atoms with Gasteiger partial charge in [0.25, 0.3) is 5.91 Å². The van der Waals surface area contributed by atoms with Crippen LogP contribution in [-0.4, -0.2) is 97.5 Å². The molecule has 5 rings (SSSR count). The third-order valence-corrected chi connectivity index (χ3v) is 6.79. The molecular weight excluding hydrogens is 480 g/mol. The Bertz CT molecular complexity index is 1280. The van der Waals surface area contributed by atoms with Gasteiger partial charge in [-0.15, -0.1) is 5.10 Å². The molecule has 12 nitrogen and oxygen atoms in total. The van der Waals surface area contributed by atoms with Crippen LogP contribution in [0.5, 0.6) is 17.2 Å². The van der Waals surface area contributed by atoms with Gasteiger partial charge < -0.3 is 28.6 Å². The summed E-state index contributed by atoms with van der Waals surface area (Å²) in [6.07, 6.45) is 0.330. The summed E-state index contributed by atoms with van der Waals surface area (Å²) in [5.41, 5.74) is 3.32. The molecule has 0 saturated carbocycles. The van der Waals surface area contributed by atoms with Crippen molar-refractivity contribution in [2.24, 2.45) is 0 Å². The van der Waals surface area contributed by atoms with E-state index in [-0.39, 0.29) is 18.7 Å². The molecule has 0 saturated heterocycles. The lowest BCUT2D eigenvalue weighted by atomic mass is 9.90. The number of fused-ring (bicyclic) bond motifs is 2. The molecule has 0 N–H and O–H groups in total. The van der Waals surface area contributed by atoms with Gasteiger partial charge >= 0.3 is 0 Å². The van der Waals surface area contributed by atoms with Crippen LogP contribution in [0.1, 0.15) is 33.4 Å². The van der Waals surface area contributed by atoms with E-state index >= 15 is 0 Å². The number of ether oxygens (including phenoxy) is 5. The van der Waals surface area contributed by atoms with E-state index in [1.807, 2.05) is 25.2 Å². The Hall–Kier alpha value is -3.74. The minimum Gasteiger partial charge on any atom is -0.492 e. The number of tetrazole rings is 1. The number of hydrogen-bond acceptors (Lipinski definition) is 10. The minimum atomic E-state index is -0.498. The van der Waals surface area contributed by atoms with Crippen LogP contribution in [0.3, 0.4) is 0 Å². The van der Waals surface area contributed by atoms with E-state index in [4.69, 9.17) is 23.7 Å². The van der Waals surface area contributed by atoms with Crippen LogP contribution in [0.4, 0.5) is 0 Å². The molecule has 12 heteroatoms. The number of carbonyl (C=O) groups excluding carboxylic acids is 1. The van der Waals surface area contributed by atoms with Gasteiger partial charge in [-0.05, 0) is 59.8 Å². The lowest BCUT2D eigenvalue weighted by molar-refractivity contribution is -0.110. The summed E-state index contributed by atoms with van der Waals surface area (Å²) in [4.78, 5) is 16.6. The lowest BCUT2D eigenvalue weighted by Crippen LogP contribution is -2.36. The third-order valence-electron chi connectivity index (χ3n) is 6.79. The second-order valence-electron chi connectivity index (χ2n) is 8.93. The van der Waals surface area contributed by atoms with Crippen LogP contribution >= 0.6 is 0 Å². The van der Waals surface area contributed by atoms with Crippen molar-refractivity contribution in [1.29, 1.82) is 0 Å². The van der Waals surface area contributed by atoms with Gasteiger partial charge in [-0.1, -0.05) is 0 Å². The Morgan fingerprint density at radius 2 is 1.95 bits per heavy atom. The molecule has 0 fully saturated rings. The molecule has 0 spiro atoms. The number of rotatable bonds is 8. The summed E-state index contributed by atoms with van der Waals surface area (Å²) in [6, 6.07) is 8.90. The highest BCUT2D eigenvalue weighted by molar-refractivity contribution is 5.94. The quantitative estimate of drug-likeness (QED) is 0.415. The number of nitrogens with zero attached hydrogens (tertiary/aromatic N) is 6. The van der Waals surface area contributed by atoms with Gasteiger partial charge in [-0.25, -0.2) is 0 Å².